The summed E-state index contributed by atoms with van der Waals surface area (Å²) in [6.07, 6.45) is 0.682. The van der Waals surface area contributed by atoms with Gasteiger partial charge in [-0.25, -0.2) is 4.79 Å². The molecular weight excluding hydrogens is 310 g/mol. The summed E-state index contributed by atoms with van der Waals surface area (Å²) < 4.78 is 5.90. The number of ether oxygens (including phenoxy) is 1. The Labute approximate surface area is 139 Å². The number of amides is 1. The van der Waals surface area contributed by atoms with Crippen LogP contribution in [0.5, 0.6) is 17.2 Å². The normalized spacial score (nSPS) is 10.3. The summed E-state index contributed by atoms with van der Waals surface area (Å²) in [5.74, 6) is -1.19. The highest BCUT2D eigenvalue weighted by atomic mass is 16.5. The van der Waals surface area contributed by atoms with Crippen molar-refractivity contribution in [2.75, 3.05) is 5.32 Å². The monoisotopic (exact) mass is 329 g/mol. The molecule has 24 heavy (non-hydrogen) atoms. The molecule has 0 fully saturated rings. The molecule has 0 bridgehead atoms. The molecule has 2 rings (SSSR count). The van der Waals surface area contributed by atoms with Crippen molar-refractivity contribution in [3.8, 4) is 17.2 Å². The first-order valence-corrected chi connectivity index (χ1v) is 7.47. The number of nitrogens with one attached hydrogen (secondary N) is 1. The summed E-state index contributed by atoms with van der Waals surface area (Å²) in [5, 5.41) is 20.7. The lowest BCUT2D eigenvalue weighted by atomic mass is 10.1. The number of carbonyl (C=O) groups excluding carboxylic acids is 1. The zero-order valence-corrected chi connectivity index (χ0v) is 13.7. The van der Waals surface area contributed by atoms with E-state index in [0.29, 0.717) is 23.6 Å². The maximum atomic E-state index is 11.2. The summed E-state index contributed by atoms with van der Waals surface area (Å²) in [7, 11) is 0. The van der Waals surface area contributed by atoms with E-state index in [0.717, 1.165) is 16.7 Å². The van der Waals surface area contributed by atoms with Crippen LogP contribution in [0, 0.1) is 13.8 Å². The first kappa shape index (κ1) is 17.3. The number of phenolic OH excluding ortho intramolecular Hbond substituents is 1. The molecule has 0 radical (unpaired) electrons. The Morgan fingerprint density at radius 3 is 2.29 bits per heavy atom. The largest absolute Gasteiger partial charge is 0.508 e. The van der Waals surface area contributed by atoms with Gasteiger partial charge < -0.3 is 20.3 Å². The summed E-state index contributed by atoms with van der Waals surface area (Å²) in [4.78, 5) is 21.9. The van der Waals surface area contributed by atoms with Crippen LogP contribution in [0.1, 0.15) is 23.6 Å². The topological polar surface area (TPSA) is 95.9 Å². The number of benzene rings is 2. The van der Waals surface area contributed by atoms with Crippen LogP contribution in [0.3, 0.4) is 0 Å². The zero-order valence-electron chi connectivity index (χ0n) is 13.7. The molecule has 0 spiro atoms. The van der Waals surface area contributed by atoms with Crippen molar-refractivity contribution >= 4 is 17.6 Å². The highest BCUT2D eigenvalue weighted by molar-refractivity contribution is 6.36. The lowest BCUT2D eigenvalue weighted by Crippen LogP contribution is -2.21. The van der Waals surface area contributed by atoms with Gasteiger partial charge in [0.1, 0.15) is 17.2 Å². The molecule has 0 atom stereocenters. The van der Waals surface area contributed by atoms with E-state index in [9.17, 15) is 14.7 Å². The molecule has 0 saturated heterocycles. The van der Waals surface area contributed by atoms with E-state index in [1.807, 2.05) is 6.92 Å². The van der Waals surface area contributed by atoms with Crippen LogP contribution in [-0.4, -0.2) is 22.1 Å². The fraction of sp³-hybridized carbons (Fsp3) is 0.222. The third-order valence-corrected chi connectivity index (χ3v) is 3.56. The molecule has 6 heteroatoms. The minimum absolute atomic E-state index is 0.227. The molecule has 0 saturated carbocycles. The molecule has 0 aliphatic carbocycles. The number of phenols is 1. The van der Waals surface area contributed by atoms with Crippen molar-refractivity contribution in [1.82, 2.24) is 0 Å². The Kier molecular flexibility index (Phi) is 5.08. The number of hydrogen-bond acceptors (Lipinski definition) is 4. The number of carboxylic acid groups (broad SMARTS) is 1. The van der Waals surface area contributed by atoms with Crippen LogP contribution in [-0.2, 0) is 16.0 Å². The number of aromatic hydroxyl groups is 1. The van der Waals surface area contributed by atoms with Gasteiger partial charge in [-0.05, 0) is 67.3 Å². The highest BCUT2D eigenvalue weighted by Crippen LogP contribution is 2.33. The molecule has 0 aliphatic rings. The Morgan fingerprint density at radius 1 is 1.12 bits per heavy atom. The van der Waals surface area contributed by atoms with Gasteiger partial charge in [-0.2, -0.15) is 0 Å². The maximum absolute atomic E-state index is 11.2. The van der Waals surface area contributed by atoms with E-state index in [1.54, 1.807) is 44.2 Å². The van der Waals surface area contributed by atoms with Crippen LogP contribution in [0.25, 0.3) is 0 Å². The molecule has 2 aromatic carbocycles. The number of aryl methyl sites for hydroxylation is 3. The van der Waals surface area contributed by atoms with Gasteiger partial charge in [0.25, 0.3) is 0 Å². The van der Waals surface area contributed by atoms with Gasteiger partial charge >= 0.3 is 11.9 Å². The first-order chi connectivity index (χ1) is 11.3. The second-order valence-electron chi connectivity index (χ2n) is 5.44. The third-order valence-electron chi connectivity index (χ3n) is 3.56. The van der Waals surface area contributed by atoms with Crippen LogP contribution in [0.15, 0.2) is 30.3 Å². The Balaban J connectivity index is 2.28. The summed E-state index contributed by atoms with van der Waals surface area (Å²) in [5.41, 5.74) is 2.68. The maximum Gasteiger partial charge on any atom is 0.394 e. The third kappa shape index (κ3) is 3.84. The second kappa shape index (κ2) is 7.04. The van der Waals surface area contributed by atoms with E-state index < -0.39 is 11.9 Å². The molecular formula is C18H19NO5. The molecule has 0 heterocycles. The number of rotatable bonds is 4. The van der Waals surface area contributed by atoms with Crippen molar-refractivity contribution in [3.63, 3.8) is 0 Å². The number of anilines is 1. The lowest BCUT2D eigenvalue weighted by molar-refractivity contribution is -0.147. The predicted molar refractivity (Wildman–Crippen MR) is 89.7 cm³/mol. The van der Waals surface area contributed by atoms with Gasteiger partial charge in [-0.3, -0.25) is 4.79 Å². The SMILES string of the molecule is CCc1cc(Oc2c(C)cc(NC(=O)C(=O)O)cc2C)ccc1O. The first-order valence-electron chi connectivity index (χ1n) is 7.47. The van der Waals surface area contributed by atoms with Crippen molar-refractivity contribution in [1.29, 1.82) is 0 Å². The minimum Gasteiger partial charge on any atom is -0.508 e. The number of carboxylic acids is 1. The Morgan fingerprint density at radius 2 is 1.75 bits per heavy atom. The smallest absolute Gasteiger partial charge is 0.394 e. The molecule has 6 nitrogen and oxygen atoms in total. The Bertz CT molecular complexity index is 775. The van der Waals surface area contributed by atoms with Gasteiger partial charge in [-0.1, -0.05) is 6.92 Å². The van der Waals surface area contributed by atoms with Crippen molar-refractivity contribution in [2.45, 2.75) is 27.2 Å². The van der Waals surface area contributed by atoms with Gasteiger partial charge in [0, 0.05) is 5.69 Å². The van der Waals surface area contributed by atoms with Gasteiger partial charge in [0.05, 0.1) is 0 Å². The van der Waals surface area contributed by atoms with E-state index in [2.05, 4.69) is 5.32 Å². The standard InChI is InChI=1S/C18H19NO5/c1-4-12-9-14(5-6-15(12)20)24-16-10(2)7-13(8-11(16)3)19-17(21)18(22)23/h5-9,20H,4H2,1-3H3,(H,19,21)(H,22,23). The van der Waals surface area contributed by atoms with E-state index in [1.165, 1.54) is 0 Å². The van der Waals surface area contributed by atoms with E-state index in [-0.39, 0.29) is 5.75 Å². The molecule has 126 valence electrons. The quantitative estimate of drug-likeness (QED) is 0.747. The lowest BCUT2D eigenvalue weighted by Gasteiger charge is -2.15. The molecule has 3 N–H and O–H groups in total. The summed E-state index contributed by atoms with van der Waals surface area (Å²) in [6.45, 7) is 5.55. The highest BCUT2D eigenvalue weighted by Gasteiger charge is 2.14. The number of aliphatic carboxylic acids is 1. The van der Waals surface area contributed by atoms with Crippen LogP contribution >= 0.6 is 0 Å². The average Bonchev–Trinajstić information content (AvgIpc) is 2.52. The molecule has 1 amide bonds. The van der Waals surface area contributed by atoms with E-state index in [4.69, 9.17) is 9.84 Å². The van der Waals surface area contributed by atoms with Crippen molar-refractivity contribution in [3.05, 3.63) is 47.0 Å². The van der Waals surface area contributed by atoms with Gasteiger partial charge in [-0.15, -0.1) is 0 Å². The zero-order chi connectivity index (χ0) is 17.9. The average molecular weight is 329 g/mol. The van der Waals surface area contributed by atoms with Gasteiger partial charge in [0.2, 0.25) is 0 Å². The summed E-state index contributed by atoms with van der Waals surface area (Å²) >= 11 is 0. The molecule has 0 aliphatic heterocycles. The van der Waals surface area contributed by atoms with E-state index >= 15 is 0 Å². The van der Waals surface area contributed by atoms with Crippen LogP contribution in [0.2, 0.25) is 0 Å². The predicted octanol–water partition coefficient (Wildman–Crippen LogP) is 3.39. The van der Waals surface area contributed by atoms with Crippen molar-refractivity contribution < 1.29 is 24.5 Å². The van der Waals surface area contributed by atoms with Gasteiger partial charge in [0.15, 0.2) is 0 Å². The van der Waals surface area contributed by atoms with Crippen molar-refractivity contribution in [2.24, 2.45) is 0 Å². The minimum atomic E-state index is -1.54. The van der Waals surface area contributed by atoms with Crippen LogP contribution < -0.4 is 10.1 Å². The van der Waals surface area contributed by atoms with Crippen LogP contribution in [0.4, 0.5) is 5.69 Å². The fourth-order valence-electron chi connectivity index (χ4n) is 2.39. The molecule has 0 aromatic heterocycles. The molecule has 2 aromatic rings. The second-order valence-corrected chi connectivity index (χ2v) is 5.44. The summed E-state index contributed by atoms with van der Waals surface area (Å²) in [6, 6.07) is 8.32. The Hall–Kier alpha value is -3.02. The fourth-order valence-corrected chi connectivity index (χ4v) is 2.39. The molecule has 0 unspecified atom stereocenters. The number of hydrogen-bond donors (Lipinski definition) is 3. The number of carbonyl (C=O) groups is 2.